The normalized spacial score (nSPS) is 9.59. The molecule has 90 valence electrons. The minimum absolute atomic E-state index is 0.151. The number of nitrogens with zero attached hydrogens (tertiary/aromatic N) is 1. The van der Waals surface area contributed by atoms with Crippen molar-refractivity contribution >= 4 is 17.4 Å². The van der Waals surface area contributed by atoms with E-state index in [1.165, 1.54) is 6.92 Å². The van der Waals surface area contributed by atoms with E-state index in [9.17, 15) is 9.59 Å². The van der Waals surface area contributed by atoms with E-state index in [2.05, 4.69) is 11.9 Å². The van der Waals surface area contributed by atoms with Crippen LogP contribution in [0.15, 0.2) is 36.5 Å². The first kappa shape index (κ1) is 13.0. The second kappa shape index (κ2) is 5.30. The van der Waals surface area contributed by atoms with E-state index < -0.39 is 0 Å². The number of likely N-dealkylation sites (N-methyl/N-ethyl adjacent to an activating group) is 1. The molecule has 17 heavy (non-hydrogen) atoms. The first-order chi connectivity index (χ1) is 7.91. The number of nitrogens with one attached hydrogen (secondary N) is 1. The lowest BCUT2D eigenvalue weighted by atomic mass is 10.1. The highest BCUT2D eigenvalue weighted by Gasteiger charge is 2.12. The third kappa shape index (κ3) is 3.45. The Labute approximate surface area is 101 Å². The zero-order valence-corrected chi connectivity index (χ0v) is 10.3. The molecule has 0 bridgehead atoms. The van der Waals surface area contributed by atoms with E-state index in [-0.39, 0.29) is 11.7 Å². The Balaban J connectivity index is 2.95. The molecule has 1 aromatic carbocycles. The van der Waals surface area contributed by atoms with Gasteiger partial charge in [-0.3, -0.25) is 9.59 Å². The maximum absolute atomic E-state index is 12.0. The van der Waals surface area contributed by atoms with E-state index in [4.69, 9.17) is 0 Å². The largest absolute Gasteiger partial charge is 0.375 e. The molecule has 0 atom stereocenters. The Hall–Kier alpha value is -2.10. The number of amides is 1. The van der Waals surface area contributed by atoms with Gasteiger partial charge in [0, 0.05) is 32.3 Å². The van der Waals surface area contributed by atoms with Crippen molar-refractivity contribution in [3.63, 3.8) is 0 Å². The van der Waals surface area contributed by atoms with Gasteiger partial charge < -0.3 is 10.2 Å². The second-order valence-electron chi connectivity index (χ2n) is 3.93. The molecule has 0 radical (unpaired) electrons. The summed E-state index contributed by atoms with van der Waals surface area (Å²) in [6.45, 7) is 5.13. The molecule has 0 fully saturated rings. The van der Waals surface area contributed by atoms with Crippen LogP contribution in [-0.2, 0) is 4.79 Å². The number of ketones is 1. The molecule has 0 saturated heterocycles. The van der Waals surface area contributed by atoms with Gasteiger partial charge in [0.05, 0.1) is 5.70 Å². The predicted octanol–water partition coefficient (Wildman–Crippen LogP) is 1.90. The Bertz CT molecular complexity index is 464. The third-order valence-corrected chi connectivity index (χ3v) is 2.25. The van der Waals surface area contributed by atoms with Crippen LogP contribution in [-0.4, -0.2) is 30.7 Å². The van der Waals surface area contributed by atoms with Crippen LogP contribution in [0, 0.1) is 0 Å². The maximum atomic E-state index is 12.0. The van der Waals surface area contributed by atoms with Gasteiger partial charge in [0.1, 0.15) is 0 Å². The van der Waals surface area contributed by atoms with E-state index in [1.54, 1.807) is 43.3 Å². The molecule has 0 aliphatic heterocycles. The van der Waals surface area contributed by atoms with Gasteiger partial charge in [0.2, 0.25) is 11.7 Å². The fourth-order valence-corrected chi connectivity index (χ4v) is 1.31. The van der Waals surface area contributed by atoms with Crippen LogP contribution in [0.4, 0.5) is 5.69 Å². The standard InChI is InChI=1S/C13H16N2O2/c1-9(15(3)4)13(17)11-6-5-7-12(8-11)14-10(2)16/h5-8H,1H2,2-4H3,(H,14,16). The van der Waals surface area contributed by atoms with Gasteiger partial charge in [-0.15, -0.1) is 0 Å². The zero-order chi connectivity index (χ0) is 13.0. The van der Waals surface area contributed by atoms with Crippen LogP contribution in [0.1, 0.15) is 17.3 Å². The van der Waals surface area contributed by atoms with Crippen LogP contribution in [0.2, 0.25) is 0 Å². The first-order valence-corrected chi connectivity index (χ1v) is 5.20. The Morgan fingerprint density at radius 3 is 2.47 bits per heavy atom. The summed E-state index contributed by atoms with van der Waals surface area (Å²) >= 11 is 0. The van der Waals surface area contributed by atoms with Crippen molar-refractivity contribution in [2.24, 2.45) is 0 Å². The van der Waals surface area contributed by atoms with Crippen LogP contribution in [0.5, 0.6) is 0 Å². The molecule has 0 saturated carbocycles. The van der Waals surface area contributed by atoms with Gasteiger partial charge in [0.25, 0.3) is 0 Å². The highest BCUT2D eigenvalue weighted by atomic mass is 16.1. The fraction of sp³-hybridized carbons (Fsp3) is 0.231. The summed E-state index contributed by atoms with van der Waals surface area (Å²) in [6, 6.07) is 6.79. The van der Waals surface area contributed by atoms with Crippen molar-refractivity contribution in [1.29, 1.82) is 0 Å². The number of benzene rings is 1. The van der Waals surface area contributed by atoms with Crippen molar-refractivity contribution in [2.75, 3.05) is 19.4 Å². The summed E-state index contributed by atoms with van der Waals surface area (Å²) in [5.74, 6) is -0.316. The summed E-state index contributed by atoms with van der Waals surface area (Å²) in [5, 5.41) is 2.63. The number of carbonyl (C=O) groups excluding carboxylic acids is 2. The average molecular weight is 232 g/mol. The lowest BCUT2D eigenvalue weighted by Gasteiger charge is -2.14. The second-order valence-corrected chi connectivity index (χ2v) is 3.93. The fourth-order valence-electron chi connectivity index (χ4n) is 1.31. The topological polar surface area (TPSA) is 49.4 Å². The van der Waals surface area contributed by atoms with Crippen molar-refractivity contribution in [2.45, 2.75) is 6.92 Å². The van der Waals surface area contributed by atoms with Gasteiger partial charge in [-0.05, 0) is 12.1 Å². The Morgan fingerprint density at radius 2 is 1.94 bits per heavy atom. The van der Waals surface area contributed by atoms with Gasteiger partial charge in [-0.2, -0.15) is 0 Å². The van der Waals surface area contributed by atoms with Crippen molar-refractivity contribution < 1.29 is 9.59 Å². The summed E-state index contributed by atoms with van der Waals surface area (Å²) < 4.78 is 0. The van der Waals surface area contributed by atoms with Gasteiger partial charge >= 0.3 is 0 Å². The number of carbonyl (C=O) groups is 2. The number of anilines is 1. The molecule has 0 unspecified atom stereocenters. The minimum Gasteiger partial charge on any atom is -0.375 e. The Morgan fingerprint density at radius 1 is 1.29 bits per heavy atom. The van der Waals surface area contributed by atoms with Crippen LogP contribution in [0.3, 0.4) is 0 Å². The summed E-state index contributed by atoms with van der Waals surface area (Å²) in [5.41, 5.74) is 1.52. The molecular weight excluding hydrogens is 216 g/mol. The highest BCUT2D eigenvalue weighted by molar-refractivity contribution is 6.08. The summed E-state index contributed by atoms with van der Waals surface area (Å²) in [6.07, 6.45) is 0. The van der Waals surface area contributed by atoms with E-state index in [0.29, 0.717) is 16.9 Å². The SMILES string of the molecule is C=C(C(=O)c1cccc(NC(C)=O)c1)N(C)C. The van der Waals surface area contributed by atoms with Crippen LogP contribution >= 0.6 is 0 Å². The molecule has 0 spiro atoms. The molecule has 1 N–H and O–H groups in total. The molecule has 1 aromatic rings. The molecule has 0 aliphatic rings. The lowest BCUT2D eigenvalue weighted by Crippen LogP contribution is -2.18. The lowest BCUT2D eigenvalue weighted by molar-refractivity contribution is -0.114. The summed E-state index contributed by atoms with van der Waals surface area (Å²) in [7, 11) is 3.52. The highest BCUT2D eigenvalue weighted by Crippen LogP contribution is 2.14. The molecule has 0 aromatic heterocycles. The molecule has 4 heteroatoms. The monoisotopic (exact) mass is 232 g/mol. The molecular formula is C13H16N2O2. The number of rotatable bonds is 4. The van der Waals surface area contributed by atoms with Crippen molar-refractivity contribution in [3.8, 4) is 0 Å². The van der Waals surface area contributed by atoms with E-state index in [0.717, 1.165) is 0 Å². The minimum atomic E-state index is -0.166. The zero-order valence-electron chi connectivity index (χ0n) is 10.3. The predicted molar refractivity (Wildman–Crippen MR) is 67.9 cm³/mol. The third-order valence-electron chi connectivity index (χ3n) is 2.25. The molecule has 4 nitrogen and oxygen atoms in total. The van der Waals surface area contributed by atoms with E-state index >= 15 is 0 Å². The van der Waals surface area contributed by atoms with Gasteiger partial charge in [-0.25, -0.2) is 0 Å². The Kier molecular flexibility index (Phi) is 4.04. The van der Waals surface area contributed by atoms with E-state index in [1.807, 2.05) is 0 Å². The van der Waals surface area contributed by atoms with Gasteiger partial charge in [0.15, 0.2) is 0 Å². The maximum Gasteiger partial charge on any atom is 0.221 e. The molecule has 1 amide bonds. The number of hydrogen-bond donors (Lipinski definition) is 1. The smallest absolute Gasteiger partial charge is 0.221 e. The number of hydrogen-bond acceptors (Lipinski definition) is 3. The molecule has 0 heterocycles. The van der Waals surface area contributed by atoms with Crippen molar-refractivity contribution in [3.05, 3.63) is 42.1 Å². The van der Waals surface area contributed by atoms with Crippen LogP contribution in [0.25, 0.3) is 0 Å². The van der Waals surface area contributed by atoms with Crippen molar-refractivity contribution in [1.82, 2.24) is 4.90 Å². The quantitative estimate of drug-likeness (QED) is 0.637. The molecule has 1 rings (SSSR count). The number of Topliss-reactive ketones (excluding diaryl/α,β-unsaturated/α-hetero) is 1. The van der Waals surface area contributed by atoms with Crippen LogP contribution < -0.4 is 5.32 Å². The van der Waals surface area contributed by atoms with Gasteiger partial charge in [-0.1, -0.05) is 18.7 Å². The molecule has 0 aliphatic carbocycles. The first-order valence-electron chi connectivity index (χ1n) is 5.20. The summed E-state index contributed by atoms with van der Waals surface area (Å²) in [4.78, 5) is 24.5. The average Bonchev–Trinajstić information content (AvgIpc) is 2.26. The number of allylic oxidation sites excluding steroid dienone is 1.